The van der Waals surface area contributed by atoms with Gasteiger partial charge < -0.3 is 10.1 Å². The van der Waals surface area contributed by atoms with Gasteiger partial charge >= 0.3 is 0 Å². The zero-order valence-electron chi connectivity index (χ0n) is 9.54. The van der Waals surface area contributed by atoms with Crippen LogP contribution in [0.2, 0.25) is 0 Å². The Morgan fingerprint density at radius 3 is 2.75 bits per heavy atom. The zero-order valence-corrected chi connectivity index (χ0v) is 10.4. The highest BCUT2D eigenvalue weighted by Crippen LogP contribution is 2.05. The van der Waals surface area contributed by atoms with Crippen molar-refractivity contribution >= 4 is 12.4 Å². The number of ether oxygens (including phenoxy) is 1. The highest BCUT2D eigenvalue weighted by molar-refractivity contribution is 5.85. The molecule has 0 amide bonds. The molecule has 0 aliphatic rings. The topological polar surface area (TPSA) is 21.3 Å². The normalized spacial score (nSPS) is 9.88. The van der Waals surface area contributed by atoms with Gasteiger partial charge in [-0.2, -0.15) is 0 Å². The van der Waals surface area contributed by atoms with Crippen molar-refractivity contribution in [1.29, 1.82) is 0 Å². The summed E-state index contributed by atoms with van der Waals surface area (Å²) in [7, 11) is 0. The van der Waals surface area contributed by atoms with Gasteiger partial charge in [-0.15, -0.1) is 12.4 Å². The van der Waals surface area contributed by atoms with Crippen molar-refractivity contribution in [3.05, 3.63) is 35.6 Å². The Bertz CT molecular complexity index is 283. The largest absolute Gasteiger partial charge is 0.382 e. The monoisotopic (exact) mass is 247 g/mol. The Morgan fingerprint density at radius 2 is 2.06 bits per heavy atom. The summed E-state index contributed by atoms with van der Waals surface area (Å²) >= 11 is 0. The molecule has 1 aromatic carbocycles. The first-order valence-corrected chi connectivity index (χ1v) is 5.36. The zero-order chi connectivity index (χ0) is 10.9. The number of nitrogens with one attached hydrogen (secondary N) is 1. The maximum absolute atomic E-state index is 13.2. The van der Waals surface area contributed by atoms with Gasteiger partial charge in [-0.3, -0.25) is 0 Å². The van der Waals surface area contributed by atoms with Gasteiger partial charge in [0.05, 0.1) is 0 Å². The molecule has 0 radical (unpaired) electrons. The maximum atomic E-state index is 13.2. The fourth-order valence-electron chi connectivity index (χ4n) is 1.31. The Morgan fingerprint density at radius 1 is 1.31 bits per heavy atom. The molecule has 0 heterocycles. The van der Waals surface area contributed by atoms with Gasteiger partial charge in [0.25, 0.3) is 0 Å². The van der Waals surface area contributed by atoms with Crippen molar-refractivity contribution in [3.63, 3.8) is 0 Å². The van der Waals surface area contributed by atoms with Gasteiger partial charge in [0, 0.05) is 25.3 Å². The van der Waals surface area contributed by atoms with E-state index in [2.05, 4.69) is 5.32 Å². The molecule has 1 N–H and O–H groups in total. The molecule has 0 bridgehead atoms. The molecule has 0 unspecified atom stereocenters. The summed E-state index contributed by atoms with van der Waals surface area (Å²) in [4.78, 5) is 0. The third kappa shape index (κ3) is 6.05. The van der Waals surface area contributed by atoms with Crippen LogP contribution in [0.3, 0.4) is 0 Å². The fourth-order valence-corrected chi connectivity index (χ4v) is 1.31. The minimum absolute atomic E-state index is 0. The number of hydrogen-bond donors (Lipinski definition) is 1. The van der Waals surface area contributed by atoms with E-state index in [0.29, 0.717) is 12.1 Å². The summed E-state index contributed by atoms with van der Waals surface area (Å²) in [6, 6.07) is 6.83. The standard InChI is InChI=1S/C12H18FNO.ClH/c1-2-15-9-5-8-14-10-11-6-3-4-7-12(11)13;/h3-4,6-7,14H,2,5,8-10H2,1H3;1H. The Hall–Kier alpha value is -0.640. The third-order valence-electron chi connectivity index (χ3n) is 2.12. The second-order valence-electron chi connectivity index (χ2n) is 3.32. The minimum Gasteiger partial charge on any atom is -0.382 e. The molecule has 16 heavy (non-hydrogen) atoms. The van der Waals surface area contributed by atoms with Crippen LogP contribution in [0.1, 0.15) is 18.9 Å². The lowest BCUT2D eigenvalue weighted by Gasteiger charge is -2.05. The molecular weight excluding hydrogens is 229 g/mol. The molecule has 0 aromatic heterocycles. The summed E-state index contributed by atoms with van der Waals surface area (Å²) in [5.74, 6) is -0.144. The average molecular weight is 248 g/mol. The molecule has 0 aliphatic heterocycles. The maximum Gasteiger partial charge on any atom is 0.127 e. The predicted octanol–water partition coefficient (Wildman–Crippen LogP) is 2.76. The number of benzene rings is 1. The molecule has 0 saturated carbocycles. The van der Waals surface area contributed by atoms with Crippen molar-refractivity contribution in [3.8, 4) is 0 Å². The van der Waals surface area contributed by atoms with Crippen molar-refractivity contribution in [2.24, 2.45) is 0 Å². The first-order valence-electron chi connectivity index (χ1n) is 5.36. The second-order valence-corrected chi connectivity index (χ2v) is 3.32. The first kappa shape index (κ1) is 15.4. The van der Waals surface area contributed by atoms with E-state index in [1.54, 1.807) is 12.1 Å². The van der Waals surface area contributed by atoms with Crippen LogP contribution in [0.5, 0.6) is 0 Å². The quantitative estimate of drug-likeness (QED) is 0.749. The smallest absolute Gasteiger partial charge is 0.127 e. The summed E-state index contributed by atoms with van der Waals surface area (Å²) in [6.45, 7) is 4.94. The van der Waals surface area contributed by atoms with Gasteiger partial charge in [-0.1, -0.05) is 18.2 Å². The van der Waals surface area contributed by atoms with Crippen LogP contribution in [0.15, 0.2) is 24.3 Å². The van der Waals surface area contributed by atoms with E-state index in [0.717, 1.165) is 26.2 Å². The highest BCUT2D eigenvalue weighted by atomic mass is 35.5. The molecule has 92 valence electrons. The van der Waals surface area contributed by atoms with Crippen LogP contribution in [0.25, 0.3) is 0 Å². The second kappa shape index (κ2) is 9.58. The Balaban J connectivity index is 0.00000225. The molecule has 0 saturated heterocycles. The number of halogens is 2. The van der Waals surface area contributed by atoms with Gasteiger partial charge in [-0.25, -0.2) is 4.39 Å². The van der Waals surface area contributed by atoms with E-state index < -0.39 is 0 Å². The van der Waals surface area contributed by atoms with E-state index in [4.69, 9.17) is 4.74 Å². The van der Waals surface area contributed by atoms with Crippen LogP contribution in [-0.2, 0) is 11.3 Å². The molecule has 2 nitrogen and oxygen atoms in total. The average Bonchev–Trinajstić information content (AvgIpc) is 2.25. The fraction of sp³-hybridized carbons (Fsp3) is 0.500. The Labute approximate surface area is 103 Å². The summed E-state index contributed by atoms with van der Waals surface area (Å²) in [5.41, 5.74) is 0.717. The molecule has 0 aliphatic carbocycles. The lowest BCUT2D eigenvalue weighted by Crippen LogP contribution is -2.17. The van der Waals surface area contributed by atoms with Crippen molar-refractivity contribution in [2.45, 2.75) is 19.9 Å². The Kier molecular flexibility index (Phi) is 9.19. The third-order valence-corrected chi connectivity index (χ3v) is 2.12. The minimum atomic E-state index is -0.144. The highest BCUT2D eigenvalue weighted by Gasteiger charge is 1.98. The molecule has 1 rings (SSSR count). The van der Waals surface area contributed by atoms with Crippen molar-refractivity contribution in [1.82, 2.24) is 5.32 Å². The lowest BCUT2D eigenvalue weighted by molar-refractivity contribution is 0.144. The van der Waals surface area contributed by atoms with E-state index >= 15 is 0 Å². The molecule has 0 atom stereocenters. The predicted molar refractivity (Wildman–Crippen MR) is 66.5 cm³/mol. The van der Waals surface area contributed by atoms with Crippen LogP contribution in [0, 0.1) is 5.82 Å². The van der Waals surface area contributed by atoms with Crippen molar-refractivity contribution < 1.29 is 9.13 Å². The van der Waals surface area contributed by atoms with E-state index in [1.165, 1.54) is 6.07 Å². The van der Waals surface area contributed by atoms with Gasteiger partial charge in [-0.05, 0) is 26.0 Å². The van der Waals surface area contributed by atoms with E-state index in [1.807, 2.05) is 13.0 Å². The van der Waals surface area contributed by atoms with Crippen LogP contribution in [0.4, 0.5) is 4.39 Å². The van der Waals surface area contributed by atoms with Gasteiger partial charge in [0.2, 0.25) is 0 Å². The number of hydrogen-bond acceptors (Lipinski definition) is 2. The van der Waals surface area contributed by atoms with Crippen LogP contribution < -0.4 is 5.32 Å². The lowest BCUT2D eigenvalue weighted by atomic mass is 10.2. The summed E-state index contributed by atoms with van der Waals surface area (Å²) < 4.78 is 18.4. The molecule has 0 fully saturated rings. The molecular formula is C12H19ClFNO. The van der Waals surface area contributed by atoms with Crippen LogP contribution >= 0.6 is 12.4 Å². The SMILES string of the molecule is CCOCCCNCc1ccccc1F.Cl. The summed E-state index contributed by atoms with van der Waals surface area (Å²) in [5, 5.41) is 3.18. The molecule has 0 spiro atoms. The van der Waals surface area contributed by atoms with E-state index in [9.17, 15) is 4.39 Å². The summed E-state index contributed by atoms with van der Waals surface area (Å²) in [6.07, 6.45) is 0.961. The van der Waals surface area contributed by atoms with Crippen molar-refractivity contribution in [2.75, 3.05) is 19.8 Å². The molecule has 4 heteroatoms. The van der Waals surface area contributed by atoms with Gasteiger partial charge in [0.1, 0.15) is 5.82 Å². The van der Waals surface area contributed by atoms with E-state index in [-0.39, 0.29) is 18.2 Å². The first-order chi connectivity index (χ1) is 7.34. The van der Waals surface area contributed by atoms with Crippen LogP contribution in [-0.4, -0.2) is 19.8 Å². The van der Waals surface area contributed by atoms with Gasteiger partial charge in [0.15, 0.2) is 0 Å². The number of rotatable bonds is 7. The molecule has 1 aromatic rings.